The van der Waals surface area contributed by atoms with Gasteiger partial charge in [-0.05, 0) is 81.0 Å². The summed E-state index contributed by atoms with van der Waals surface area (Å²) in [7, 11) is -2.93. The van der Waals surface area contributed by atoms with E-state index in [1.165, 1.54) is 32.4 Å². The third-order valence-corrected chi connectivity index (χ3v) is 10.9. The molecular weight excluding hydrogens is 643 g/mol. The number of methoxy groups -OCH3 is 2. The first kappa shape index (κ1) is 34.0. The number of benzene rings is 2. The number of sulfone groups is 1. The molecule has 0 spiro atoms. The number of halogens is 3. The molecule has 47 heavy (non-hydrogen) atoms. The Balaban J connectivity index is 1.33. The van der Waals surface area contributed by atoms with Crippen LogP contribution in [0.1, 0.15) is 60.9 Å². The minimum Gasteiger partial charge on any atom is -0.496 e. The topological polar surface area (TPSA) is 161 Å². The number of nitrogens with one attached hydrogen (secondary N) is 2. The molecule has 0 unspecified atom stereocenters. The maximum Gasteiger partial charge on any atom is 0.501 e. The van der Waals surface area contributed by atoms with Gasteiger partial charge in [-0.3, -0.25) is 14.4 Å². The summed E-state index contributed by atoms with van der Waals surface area (Å²) >= 11 is 0. The van der Waals surface area contributed by atoms with E-state index in [1.807, 2.05) is 0 Å². The Kier molecular flexibility index (Phi) is 9.72. The van der Waals surface area contributed by atoms with E-state index in [0.29, 0.717) is 38.5 Å². The van der Waals surface area contributed by atoms with Gasteiger partial charge in [0.25, 0.3) is 15.7 Å². The third kappa shape index (κ3) is 6.88. The average Bonchev–Trinajstić information content (AvgIpc) is 3.66. The van der Waals surface area contributed by atoms with Crippen LogP contribution in [0.15, 0.2) is 41.3 Å². The SMILES string of the molecule is COC(=O)C1CCC(Oc2cc(C(=O)N[C@@H]3[C@H]4CC[C@H](C4)[C@@H]3C(=O)Nc3cccc(S(=O)(=O)C(F)(F)F)c3)c(OC)cc2C#N)CC1. The fraction of sp³-hybridized carbons (Fsp3) is 0.500. The summed E-state index contributed by atoms with van der Waals surface area (Å²) in [5, 5.41) is 15.3. The Bertz CT molecular complexity index is 1700. The summed E-state index contributed by atoms with van der Waals surface area (Å²) in [5.74, 6) is -2.21. The molecule has 2 amide bonds. The molecule has 0 radical (unpaired) electrons. The Labute approximate surface area is 269 Å². The zero-order chi connectivity index (χ0) is 34.1. The van der Waals surface area contributed by atoms with Crippen molar-refractivity contribution in [3.05, 3.63) is 47.5 Å². The van der Waals surface area contributed by atoms with Crippen LogP contribution in [0.4, 0.5) is 18.9 Å². The zero-order valence-corrected chi connectivity index (χ0v) is 26.4. The fourth-order valence-electron chi connectivity index (χ4n) is 7.06. The molecule has 15 heteroatoms. The number of carbonyl (C=O) groups excluding carboxylic acids is 3. The van der Waals surface area contributed by atoms with Crippen molar-refractivity contribution >= 4 is 33.3 Å². The van der Waals surface area contributed by atoms with E-state index < -0.39 is 44.0 Å². The predicted octanol–water partition coefficient (Wildman–Crippen LogP) is 4.75. The van der Waals surface area contributed by atoms with Gasteiger partial charge in [0.2, 0.25) is 5.91 Å². The second-order valence-corrected chi connectivity index (χ2v) is 14.0. The Morgan fingerprint density at radius 2 is 1.66 bits per heavy atom. The van der Waals surface area contributed by atoms with Crippen molar-refractivity contribution in [3.63, 3.8) is 0 Å². The number of esters is 1. The van der Waals surface area contributed by atoms with Crippen molar-refractivity contribution < 1.29 is 50.2 Å². The molecule has 3 fully saturated rings. The summed E-state index contributed by atoms with van der Waals surface area (Å²) in [6.07, 6.45) is 4.03. The molecule has 0 aliphatic heterocycles. The summed E-state index contributed by atoms with van der Waals surface area (Å²) in [5.41, 5.74) is -5.39. The van der Waals surface area contributed by atoms with Crippen molar-refractivity contribution in [1.29, 1.82) is 5.26 Å². The number of alkyl halides is 3. The Morgan fingerprint density at radius 1 is 0.957 bits per heavy atom. The van der Waals surface area contributed by atoms with Crippen molar-refractivity contribution in [2.24, 2.45) is 23.7 Å². The van der Waals surface area contributed by atoms with Crippen molar-refractivity contribution in [3.8, 4) is 17.6 Å². The van der Waals surface area contributed by atoms with Crippen LogP contribution in [0, 0.1) is 35.0 Å². The molecule has 0 saturated heterocycles. The number of nitriles is 1. The predicted molar refractivity (Wildman–Crippen MR) is 160 cm³/mol. The molecule has 3 aliphatic carbocycles. The standard InChI is InChI=1S/C32H34F3N3O8S/c1-44-26-13-20(16-36)25(46-22-10-8-17(9-11-22)31(41)45-2)15-24(26)29(39)38-28-19-7-6-18(12-19)27(28)30(40)37-21-4-3-5-23(14-21)47(42,43)32(33,34)35/h3-5,13-15,17-19,22,27-28H,6-12H2,1-2H3,(H,37,40)(H,38,39)/t17?,18-,19+,22?,27+,28-/m1/s1. The smallest absolute Gasteiger partial charge is 0.496 e. The highest BCUT2D eigenvalue weighted by atomic mass is 32.2. The number of rotatable bonds is 9. The lowest BCUT2D eigenvalue weighted by Crippen LogP contribution is -2.48. The highest BCUT2D eigenvalue weighted by molar-refractivity contribution is 7.92. The van der Waals surface area contributed by atoms with Crippen LogP contribution in [0.5, 0.6) is 11.5 Å². The zero-order valence-electron chi connectivity index (χ0n) is 25.6. The van der Waals surface area contributed by atoms with Crippen molar-refractivity contribution in [2.75, 3.05) is 19.5 Å². The number of anilines is 1. The maximum atomic E-state index is 13.7. The van der Waals surface area contributed by atoms with Crippen LogP contribution in [0.3, 0.4) is 0 Å². The maximum absolute atomic E-state index is 13.7. The van der Waals surface area contributed by atoms with Crippen molar-refractivity contribution in [1.82, 2.24) is 5.32 Å². The first-order valence-corrected chi connectivity index (χ1v) is 16.7. The summed E-state index contributed by atoms with van der Waals surface area (Å²) in [6.45, 7) is 0. The number of hydrogen-bond acceptors (Lipinski definition) is 9. The quantitative estimate of drug-likeness (QED) is 0.357. The Morgan fingerprint density at radius 3 is 2.30 bits per heavy atom. The van der Waals surface area contributed by atoms with E-state index in [1.54, 1.807) is 0 Å². The first-order chi connectivity index (χ1) is 22.3. The van der Waals surface area contributed by atoms with E-state index in [4.69, 9.17) is 14.2 Å². The number of carbonyl (C=O) groups is 3. The van der Waals surface area contributed by atoms with Gasteiger partial charge in [0.15, 0.2) is 0 Å². The minimum absolute atomic E-state index is 0.0401. The lowest BCUT2D eigenvalue weighted by atomic mass is 9.83. The number of ether oxygens (including phenoxy) is 3. The van der Waals surface area contributed by atoms with Crippen LogP contribution < -0.4 is 20.1 Å². The van der Waals surface area contributed by atoms with Gasteiger partial charge in [-0.25, -0.2) is 8.42 Å². The van der Waals surface area contributed by atoms with Crippen molar-refractivity contribution in [2.45, 2.75) is 67.5 Å². The molecule has 3 saturated carbocycles. The highest BCUT2D eigenvalue weighted by Crippen LogP contribution is 2.49. The van der Waals surface area contributed by atoms with Gasteiger partial charge < -0.3 is 24.8 Å². The molecule has 2 aromatic rings. The molecule has 252 valence electrons. The first-order valence-electron chi connectivity index (χ1n) is 15.2. The Hall–Kier alpha value is -4.32. The van der Waals surface area contributed by atoms with Gasteiger partial charge in [0, 0.05) is 17.8 Å². The lowest BCUT2D eigenvalue weighted by molar-refractivity contribution is -0.147. The largest absolute Gasteiger partial charge is 0.501 e. The monoisotopic (exact) mass is 677 g/mol. The summed E-state index contributed by atoms with van der Waals surface area (Å²) < 4.78 is 79.5. The molecule has 3 aliphatic rings. The molecule has 2 bridgehead atoms. The third-order valence-electron chi connectivity index (χ3n) is 9.40. The van der Waals surface area contributed by atoms with Gasteiger partial charge in [0.05, 0.1) is 48.2 Å². The highest BCUT2D eigenvalue weighted by Gasteiger charge is 2.52. The molecule has 11 nitrogen and oxygen atoms in total. The number of nitrogens with zero attached hydrogens (tertiary/aromatic N) is 1. The van der Waals surface area contributed by atoms with Crippen LogP contribution in [0.25, 0.3) is 0 Å². The molecule has 0 aromatic heterocycles. The molecule has 5 rings (SSSR count). The van der Waals surface area contributed by atoms with Crippen LogP contribution in [0.2, 0.25) is 0 Å². The lowest BCUT2D eigenvalue weighted by Gasteiger charge is -2.31. The van der Waals surface area contributed by atoms with Gasteiger partial charge in [-0.2, -0.15) is 18.4 Å². The van der Waals surface area contributed by atoms with E-state index in [2.05, 4.69) is 16.7 Å². The molecule has 0 heterocycles. The summed E-state index contributed by atoms with van der Waals surface area (Å²) in [4.78, 5) is 38.2. The second kappa shape index (κ2) is 13.4. The van der Waals surface area contributed by atoms with Gasteiger partial charge >= 0.3 is 11.5 Å². The van der Waals surface area contributed by atoms with Gasteiger partial charge in [-0.15, -0.1) is 0 Å². The minimum atomic E-state index is -5.62. The van der Waals surface area contributed by atoms with Gasteiger partial charge in [-0.1, -0.05) is 6.07 Å². The van der Waals surface area contributed by atoms with Crippen LogP contribution in [-0.2, 0) is 24.2 Å². The number of fused-ring (bicyclic) bond motifs is 2. The number of amides is 2. The van der Waals surface area contributed by atoms with E-state index in [0.717, 1.165) is 24.6 Å². The normalized spacial score (nSPS) is 25.4. The summed E-state index contributed by atoms with van der Waals surface area (Å²) in [6, 6.07) is 8.22. The average molecular weight is 678 g/mol. The van der Waals surface area contributed by atoms with E-state index in [-0.39, 0.29) is 58.1 Å². The second-order valence-electron chi connectivity index (χ2n) is 12.1. The molecule has 2 N–H and O–H groups in total. The van der Waals surface area contributed by atoms with E-state index in [9.17, 15) is 41.2 Å². The molecule has 2 aromatic carbocycles. The van der Waals surface area contributed by atoms with Crippen LogP contribution >= 0.6 is 0 Å². The van der Waals surface area contributed by atoms with Gasteiger partial charge in [0.1, 0.15) is 17.6 Å². The molecular formula is C32H34F3N3O8S. The number of hydrogen-bond donors (Lipinski definition) is 2. The molecule has 4 atom stereocenters. The fourth-order valence-corrected chi connectivity index (χ4v) is 7.87. The van der Waals surface area contributed by atoms with E-state index >= 15 is 0 Å². The van der Waals surface area contributed by atoms with Crippen LogP contribution in [-0.4, -0.2) is 58.1 Å².